The van der Waals surface area contributed by atoms with E-state index in [2.05, 4.69) is 9.57 Å². The largest absolute Gasteiger partial charge is 0.478 e. The second kappa shape index (κ2) is 7.21. The van der Waals surface area contributed by atoms with Crippen molar-refractivity contribution in [2.75, 3.05) is 20.3 Å². The Labute approximate surface area is 125 Å². The third-order valence-electron chi connectivity index (χ3n) is 2.08. The molecule has 0 atom stereocenters. The lowest BCUT2D eigenvalue weighted by Gasteiger charge is -2.10. The van der Waals surface area contributed by atoms with E-state index in [4.69, 9.17) is 28.3 Å². The molecule has 10 heteroatoms. The lowest BCUT2D eigenvalue weighted by Crippen LogP contribution is -2.26. The van der Waals surface area contributed by atoms with Crippen molar-refractivity contribution in [3.63, 3.8) is 0 Å². The van der Waals surface area contributed by atoms with Gasteiger partial charge in [-0.2, -0.15) is 0 Å². The van der Waals surface area contributed by atoms with Crippen molar-refractivity contribution in [1.29, 1.82) is 0 Å². The van der Waals surface area contributed by atoms with Crippen molar-refractivity contribution < 1.29 is 27.9 Å². The van der Waals surface area contributed by atoms with E-state index in [1.165, 1.54) is 7.11 Å². The number of carboxylic acid groups (broad SMARTS) is 1. The molecule has 0 radical (unpaired) electrons. The van der Waals surface area contributed by atoms with E-state index < -0.39 is 31.5 Å². The molecule has 2 N–H and O–H groups in total. The molecule has 0 aliphatic rings. The van der Waals surface area contributed by atoms with Crippen LogP contribution >= 0.6 is 23.2 Å². The zero-order chi connectivity index (χ0) is 15.3. The van der Waals surface area contributed by atoms with Gasteiger partial charge in [-0.1, -0.05) is 28.1 Å². The van der Waals surface area contributed by atoms with Crippen LogP contribution in [0.2, 0.25) is 10.0 Å². The summed E-state index contributed by atoms with van der Waals surface area (Å²) >= 11 is 11.4. The number of sulfonamides is 1. The maximum Gasteiger partial charge on any atom is 0.337 e. The topological polar surface area (TPSA) is 102 Å². The molecule has 1 aromatic carbocycles. The summed E-state index contributed by atoms with van der Waals surface area (Å²) in [6.45, 7) is 0.145. The molecule has 0 spiro atoms. The van der Waals surface area contributed by atoms with Gasteiger partial charge in [0.1, 0.15) is 4.90 Å². The number of hydrogen-bond donors (Lipinski definition) is 2. The molecule has 0 saturated carbocycles. The fourth-order valence-corrected chi connectivity index (χ4v) is 2.94. The summed E-state index contributed by atoms with van der Waals surface area (Å²) in [6.07, 6.45) is 0. The number of carboxylic acids is 1. The molecule has 0 heterocycles. The zero-order valence-corrected chi connectivity index (χ0v) is 12.5. The van der Waals surface area contributed by atoms with Crippen molar-refractivity contribution in [2.45, 2.75) is 4.90 Å². The smallest absolute Gasteiger partial charge is 0.337 e. The summed E-state index contributed by atoms with van der Waals surface area (Å²) < 4.78 is 28.5. The van der Waals surface area contributed by atoms with Gasteiger partial charge in [0, 0.05) is 12.1 Å². The van der Waals surface area contributed by atoms with Gasteiger partial charge in [0.25, 0.3) is 10.0 Å². The number of ether oxygens (including phenoxy) is 1. The van der Waals surface area contributed by atoms with Crippen LogP contribution in [0.4, 0.5) is 0 Å². The van der Waals surface area contributed by atoms with Crippen LogP contribution in [-0.2, 0) is 19.6 Å². The van der Waals surface area contributed by atoms with Gasteiger partial charge in [-0.05, 0) is 12.1 Å². The molecule has 0 saturated heterocycles. The van der Waals surface area contributed by atoms with Gasteiger partial charge in [-0.25, -0.2) is 13.2 Å². The summed E-state index contributed by atoms with van der Waals surface area (Å²) in [4.78, 5) is 16.9. The van der Waals surface area contributed by atoms with E-state index in [-0.39, 0.29) is 18.2 Å². The number of halogens is 2. The van der Waals surface area contributed by atoms with E-state index in [1.54, 1.807) is 4.89 Å². The summed E-state index contributed by atoms with van der Waals surface area (Å²) in [5.41, 5.74) is -0.420. The van der Waals surface area contributed by atoms with Crippen LogP contribution in [0, 0.1) is 0 Å². The lowest BCUT2D eigenvalue weighted by atomic mass is 10.2. The molecule has 1 rings (SSSR count). The molecular weight excluding hydrogens is 333 g/mol. The van der Waals surface area contributed by atoms with Crippen LogP contribution in [-0.4, -0.2) is 39.8 Å². The van der Waals surface area contributed by atoms with Gasteiger partial charge in [0.2, 0.25) is 0 Å². The summed E-state index contributed by atoms with van der Waals surface area (Å²) in [7, 11) is -2.74. The molecule has 0 aromatic heterocycles. The van der Waals surface area contributed by atoms with Crippen LogP contribution in [0.1, 0.15) is 10.4 Å². The highest BCUT2D eigenvalue weighted by Gasteiger charge is 2.24. The molecule has 20 heavy (non-hydrogen) atoms. The number of methoxy groups -OCH3 is 1. The van der Waals surface area contributed by atoms with Gasteiger partial charge in [-0.3, -0.25) is 4.84 Å². The lowest BCUT2D eigenvalue weighted by molar-refractivity contribution is 0.0438. The number of hydrogen-bond acceptors (Lipinski definition) is 5. The first-order chi connectivity index (χ1) is 9.29. The van der Waals surface area contributed by atoms with Crippen LogP contribution in [0.25, 0.3) is 0 Å². The molecule has 0 amide bonds. The van der Waals surface area contributed by atoms with Crippen molar-refractivity contribution >= 4 is 39.2 Å². The average molecular weight is 344 g/mol. The summed E-state index contributed by atoms with van der Waals surface area (Å²) in [6, 6.07) is 2.08. The molecule has 0 aliphatic heterocycles. The fourth-order valence-electron chi connectivity index (χ4n) is 1.20. The van der Waals surface area contributed by atoms with Gasteiger partial charge >= 0.3 is 5.97 Å². The third kappa shape index (κ3) is 4.30. The van der Waals surface area contributed by atoms with Gasteiger partial charge < -0.3 is 9.84 Å². The maximum absolute atomic E-state index is 11.9. The molecular formula is C10H11Cl2NO6S. The number of aromatic carboxylic acids is 1. The Balaban J connectivity index is 3.09. The van der Waals surface area contributed by atoms with Crippen molar-refractivity contribution in [2.24, 2.45) is 0 Å². The highest BCUT2D eigenvalue weighted by Crippen LogP contribution is 2.29. The molecule has 0 unspecified atom stereocenters. The van der Waals surface area contributed by atoms with E-state index in [9.17, 15) is 13.2 Å². The Bertz CT molecular complexity index is 604. The SMILES string of the molecule is COCCONS(=O)(=O)c1cc(Cl)cc(C(=O)O)c1Cl. The maximum atomic E-state index is 11.9. The molecule has 0 fully saturated rings. The average Bonchev–Trinajstić information content (AvgIpc) is 2.36. The second-order valence-electron chi connectivity index (χ2n) is 3.50. The molecule has 1 aromatic rings. The highest BCUT2D eigenvalue weighted by molar-refractivity contribution is 7.89. The first kappa shape index (κ1) is 17.2. The number of benzene rings is 1. The van der Waals surface area contributed by atoms with Gasteiger partial charge in [-0.15, -0.1) is 0 Å². The van der Waals surface area contributed by atoms with E-state index in [0.717, 1.165) is 12.1 Å². The van der Waals surface area contributed by atoms with Crippen LogP contribution < -0.4 is 4.89 Å². The Morgan fingerprint density at radius 1 is 1.35 bits per heavy atom. The first-order valence-corrected chi connectivity index (χ1v) is 7.38. The summed E-state index contributed by atoms with van der Waals surface area (Å²) in [5.74, 6) is -1.39. The van der Waals surface area contributed by atoms with Crippen molar-refractivity contribution in [3.8, 4) is 0 Å². The predicted octanol–water partition coefficient (Wildman–Crippen LogP) is 1.55. The minimum absolute atomic E-state index is 0.0281. The predicted molar refractivity (Wildman–Crippen MR) is 71.6 cm³/mol. The Morgan fingerprint density at radius 3 is 2.55 bits per heavy atom. The molecule has 7 nitrogen and oxygen atoms in total. The zero-order valence-electron chi connectivity index (χ0n) is 10.2. The van der Waals surface area contributed by atoms with Crippen LogP contribution in [0.15, 0.2) is 17.0 Å². The monoisotopic (exact) mass is 343 g/mol. The molecule has 0 bridgehead atoms. The van der Waals surface area contributed by atoms with Crippen LogP contribution in [0.3, 0.4) is 0 Å². The van der Waals surface area contributed by atoms with Crippen molar-refractivity contribution in [1.82, 2.24) is 4.89 Å². The fraction of sp³-hybridized carbons (Fsp3) is 0.300. The van der Waals surface area contributed by atoms with E-state index in [1.807, 2.05) is 0 Å². The quantitative estimate of drug-likeness (QED) is 0.575. The minimum atomic E-state index is -4.16. The minimum Gasteiger partial charge on any atom is -0.478 e. The Hall–Kier alpha value is -0.900. The Morgan fingerprint density at radius 2 is 2.00 bits per heavy atom. The number of carbonyl (C=O) groups is 1. The second-order valence-corrected chi connectivity index (χ2v) is 5.93. The third-order valence-corrected chi connectivity index (χ3v) is 4.06. The Kier molecular flexibility index (Phi) is 6.18. The number of rotatable bonds is 7. The summed E-state index contributed by atoms with van der Waals surface area (Å²) in [5, 5.41) is 8.39. The van der Waals surface area contributed by atoms with Crippen LogP contribution in [0.5, 0.6) is 0 Å². The number of nitrogens with one attached hydrogen (secondary N) is 1. The van der Waals surface area contributed by atoms with Gasteiger partial charge in [0.15, 0.2) is 0 Å². The standard InChI is InChI=1S/C10H11Cl2NO6S/c1-18-2-3-19-13-20(16,17)8-5-6(11)4-7(9(8)12)10(14)15/h4-5,13H,2-3H2,1H3,(H,14,15). The van der Waals surface area contributed by atoms with E-state index >= 15 is 0 Å². The normalized spacial score (nSPS) is 11.6. The molecule has 0 aliphatic carbocycles. The van der Waals surface area contributed by atoms with E-state index in [0.29, 0.717) is 0 Å². The van der Waals surface area contributed by atoms with Gasteiger partial charge in [0.05, 0.1) is 23.8 Å². The van der Waals surface area contributed by atoms with Crippen molar-refractivity contribution in [3.05, 3.63) is 27.7 Å². The highest BCUT2D eigenvalue weighted by atomic mass is 35.5. The first-order valence-electron chi connectivity index (χ1n) is 5.14. The molecule has 112 valence electrons.